The number of hydrogen-bond donors (Lipinski definition) is 2. The van der Waals surface area contributed by atoms with Crippen LogP contribution in [0.4, 0.5) is 29.3 Å². The lowest BCUT2D eigenvalue weighted by Crippen LogP contribution is -2.17. The number of ether oxygens (including phenoxy) is 2. The fraction of sp³-hybridized carbons (Fsp3) is 0.278. The van der Waals surface area contributed by atoms with Gasteiger partial charge in [-0.25, -0.2) is 4.79 Å². The van der Waals surface area contributed by atoms with Gasteiger partial charge in [-0.2, -0.15) is 0 Å². The fourth-order valence-corrected chi connectivity index (χ4v) is 2.23. The number of amides is 1. The average Bonchev–Trinajstić information content (AvgIpc) is 2.56. The van der Waals surface area contributed by atoms with E-state index in [1.165, 1.54) is 12.1 Å². The zero-order valence-corrected chi connectivity index (χ0v) is 14.3. The highest BCUT2D eigenvalue weighted by atomic mass is 19.4. The van der Waals surface area contributed by atoms with Gasteiger partial charge in [-0.15, -0.1) is 13.2 Å². The molecule has 26 heavy (non-hydrogen) atoms. The molecule has 2 rings (SSSR count). The molecule has 0 unspecified atom stereocenters. The summed E-state index contributed by atoms with van der Waals surface area (Å²) in [6, 6.07) is 12.5. The number of alkyl halides is 3. The lowest BCUT2D eigenvalue weighted by molar-refractivity contribution is -0.274. The molecule has 8 heteroatoms. The minimum absolute atomic E-state index is 0.140. The zero-order valence-electron chi connectivity index (χ0n) is 14.3. The molecular weight excluding hydrogens is 349 g/mol. The van der Waals surface area contributed by atoms with Crippen LogP contribution in [0, 0.1) is 0 Å². The van der Waals surface area contributed by atoms with E-state index in [2.05, 4.69) is 15.4 Å². The number of carbonyl (C=O) groups is 1. The summed E-state index contributed by atoms with van der Waals surface area (Å²) >= 11 is 0. The van der Waals surface area contributed by atoms with E-state index in [0.717, 1.165) is 11.3 Å². The molecule has 0 bridgehead atoms. The topological polar surface area (TPSA) is 59.6 Å². The lowest BCUT2D eigenvalue weighted by atomic mass is 10.1. The molecule has 5 nitrogen and oxygen atoms in total. The summed E-state index contributed by atoms with van der Waals surface area (Å²) in [6.45, 7) is 3.88. The Morgan fingerprint density at radius 1 is 1.04 bits per heavy atom. The van der Waals surface area contributed by atoms with Crippen LogP contribution in [0.3, 0.4) is 0 Å². The SMILES string of the molecule is CCOC(=O)Nc1ccc(N[C@@H](C)c2ccc(OC(F)(F)F)cc2)cc1. The first-order valence-corrected chi connectivity index (χ1v) is 7.93. The second kappa shape index (κ2) is 8.46. The zero-order chi connectivity index (χ0) is 19.2. The fourth-order valence-electron chi connectivity index (χ4n) is 2.23. The third-order valence-electron chi connectivity index (χ3n) is 3.40. The van der Waals surface area contributed by atoms with E-state index < -0.39 is 12.5 Å². The van der Waals surface area contributed by atoms with Gasteiger partial charge in [0.2, 0.25) is 0 Å². The van der Waals surface area contributed by atoms with Gasteiger partial charge in [-0.1, -0.05) is 12.1 Å². The van der Waals surface area contributed by atoms with E-state index >= 15 is 0 Å². The number of anilines is 2. The van der Waals surface area contributed by atoms with Crippen LogP contribution >= 0.6 is 0 Å². The van der Waals surface area contributed by atoms with Crippen LogP contribution in [0.5, 0.6) is 5.75 Å². The standard InChI is InChI=1S/C18H19F3N2O3/c1-3-25-17(24)23-15-8-6-14(7-9-15)22-12(2)13-4-10-16(11-5-13)26-18(19,20)21/h4-12,22H,3H2,1-2H3,(H,23,24)/t12-/m0/s1. The van der Waals surface area contributed by atoms with Gasteiger partial charge in [-0.05, 0) is 55.8 Å². The molecule has 0 radical (unpaired) electrons. The summed E-state index contributed by atoms with van der Waals surface area (Å²) in [6.07, 6.45) is -5.23. The Labute approximate surface area is 149 Å². The summed E-state index contributed by atoms with van der Waals surface area (Å²) in [5.74, 6) is -0.261. The van der Waals surface area contributed by atoms with Crippen molar-refractivity contribution in [1.29, 1.82) is 0 Å². The maximum absolute atomic E-state index is 12.2. The van der Waals surface area contributed by atoms with Crippen LogP contribution in [0.1, 0.15) is 25.5 Å². The number of hydrogen-bond acceptors (Lipinski definition) is 4. The summed E-state index contributed by atoms with van der Waals surface area (Å²) < 4.78 is 45.2. The Hall–Kier alpha value is -2.90. The highest BCUT2D eigenvalue weighted by Gasteiger charge is 2.31. The van der Waals surface area contributed by atoms with Crippen molar-refractivity contribution in [3.8, 4) is 5.75 Å². The van der Waals surface area contributed by atoms with Crippen LogP contribution in [-0.2, 0) is 4.74 Å². The highest BCUT2D eigenvalue weighted by molar-refractivity contribution is 5.84. The molecule has 0 saturated heterocycles. The molecule has 0 aliphatic heterocycles. The Morgan fingerprint density at radius 3 is 2.15 bits per heavy atom. The Bertz CT molecular complexity index is 716. The third-order valence-corrected chi connectivity index (χ3v) is 3.40. The van der Waals surface area contributed by atoms with Crippen molar-refractivity contribution in [2.24, 2.45) is 0 Å². The minimum atomic E-state index is -4.70. The third kappa shape index (κ3) is 6.19. The predicted molar refractivity (Wildman–Crippen MR) is 92.2 cm³/mol. The van der Waals surface area contributed by atoms with Gasteiger partial charge in [0, 0.05) is 17.4 Å². The van der Waals surface area contributed by atoms with Gasteiger partial charge in [0.05, 0.1) is 6.61 Å². The predicted octanol–water partition coefficient (Wildman–Crippen LogP) is 5.33. The van der Waals surface area contributed by atoms with Gasteiger partial charge in [0.25, 0.3) is 0 Å². The van der Waals surface area contributed by atoms with Crippen LogP contribution < -0.4 is 15.4 Å². The number of rotatable bonds is 6. The Kier molecular flexibility index (Phi) is 6.32. The first-order valence-electron chi connectivity index (χ1n) is 7.93. The molecule has 0 saturated carbocycles. The molecule has 0 fully saturated rings. The summed E-state index contributed by atoms with van der Waals surface area (Å²) in [7, 11) is 0. The first-order chi connectivity index (χ1) is 12.3. The van der Waals surface area contributed by atoms with Gasteiger partial charge in [0.1, 0.15) is 5.75 Å². The maximum Gasteiger partial charge on any atom is 0.573 e. The van der Waals surface area contributed by atoms with Gasteiger partial charge in [-0.3, -0.25) is 5.32 Å². The van der Waals surface area contributed by atoms with E-state index in [4.69, 9.17) is 4.74 Å². The van der Waals surface area contributed by atoms with Crippen LogP contribution in [0.25, 0.3) is 0 Å². The molecule has 2 N–H and O–H groups in total. The second-order valence-electron chi connectivity index (χ2n) is 5.41. The molecule has 0 aliphatic rings. The number of benzene rings is 2. The summed E-state index contributed by atoms with van der Waals surface area (Å²) in [4.78, 5) is 11.3. The molecule has 2 aromatic carbocycles. The Morgan fingerprint density at radius 2 is 1.62 bits per heavy atom. The summed E-state index contributed by atoms with van der Waals surface area (Å²) in [5, 5.41) is 5.81. The smallest absolute Gasteiger partial charge is 0.450 e. The van der Waals surface area contributed by atoms with Crippen LogP contribution in [0.15, 0.2) is 48.5 Å². The average molecular weight is 368 g/mol. The molecular formula is C18H19F3N2O3. The molecule has 0 heterocycles. The highest BCUT2D eigenvalue weighted by Crippen LogP contribution is 2.26. The maximum atomic E-state index is 12.2. The summed E-state index contributed by atoms with van der Waals surface area (Å²) in [5.41, 5.74) is 2.19. The van der Waals surface area contributed by atoms with Crippen LogP contribution in [0.2, 0.25) is 0 Å². The molecule has 0 aromatic heterocycles. The van der Waals surface area contributed by atoms with Crippen molar-refractivity contribution < 1.29 is 27.4 Å². The van der Waals surface area contributed by atoms with Crippen molar-refractivity contribution >= 4 is 17.5 Å². The van der Waals surface area contributed by atoms with Gasteiger partial charge < -0.3 is 14.8 Å². The number of nitrogens with one attached hydrogen (secondary N) is 2. The first kappa shape index (κ1) is 19.4. The van der Waals surface area contributed by atoms with E-state index in [-0.39, 0.29) is 18.4 Å². The van der Waals surface area contributed by atoms with Gasteiger partial charge in [0.15, 0.2) is 0 Å². The normalized spacial score (nSPS) is 12.2. The van der Waals surface area contributed by atoms with Crippen molar-refractivity contribution in [1.82, 2.24) is 0 Å². The monoisotopic (exact) mass is 368 g/mol. The molecule has 2 aromatic rings. The van der Waals surface area contributed by atoms with Crippen molar-refractivity contribution in [2.45, 2.75) is 26.3 Å². The molecule has 1 amide bonds. The van der Waals surface area contributed by atoms with Crippen molar-refractivity contribution in [3.05, 3.63) is 54.1 Å². The lowest BCUT2D eigenvalue weighted by Gasteiger charge is -2.17. The minimum Gasteiger partial charge on any atom is -0.450 e. The molecule has 140 valence electrons. The molecule has 0 spiro atoms. The van der Waals surface area contributed by atoms with Crippen LogP contribution in [-0.4, -0.2) is 19.1 Å². The van der Waals surface area contributed by atoms with E-state index in [1.54, 1.807) is 43.3 Å². The Balaban J connectivity index is 1.94. The largest absolute Gasteiger partial charge is 0.573 e. The number of carbonyl (C=O) groups excluding carboxylic acids is 1. The van der Waals surface area contributed by atoms with Crippen molar-refractivity contribution in [2.75, 3.05) is 17.2 Å². The number of halogens is 3. The van der Waals surface area contributed by atoms with Gasteiger partial charge >= 0.3 is 12.5 Å². The second-order valence-corrected chi connectivity index (χ2v) is 5.41. The van der Waals surface area contributed by atoms with E-state index in [1.807, 2.05) is 6.92 Å². The molecule has 1 atom stereocenters. The molecule has 0 aliphatic carbocycles. The van der Waals surface area contributed by atoms with E-state index in [9.17, 15) is 18.0 Å². The van der Waals surface area contributed by atoms with Crippen molar-refractivity contribution in [3.63, 3.8) is 0 Å². The van der Waals surface area contributed by atoms with E-state index in [0.29, 0.717) is 5.69 Å². The quantitative estimate of drug-likeness (QED) is 0.724.